The highest BCUT2D eigenvalue weighted by molar-refractivity contribution is 5.82. The van der Waals surface area contributed by atoms with Crippen molar-refractivity contribution in [2.45, 2.75) is 38.0 Å². The summed E-state index contributed by atoms with van der Waals surface area (Å²) in [7, 11) is 1.57. The summed E-state index contributed by atoms with van der Waals surface area (Å²) in [5, 5.41) is 8.88. The standard InChI is InChI=1S/C15H18FNO4/c1-9(10-5-3-4-6-11(10)16)17(2)14(18)12-7-8-13(21-12)15(19)20/h3-6,9,12-13H,7-8H2,1-2H3,(H,19,20)/t9?,12-,13+/m0/s1. The van der Waals surface area contributed by atoms with Crippen molar-refractivity contribution in [1.29, 1.82) is 0 Å². The number of benzene rings is 1. The third kappa shape index (κ3) is 3.21. The summed E-state index contributed by atoms with van der Waals surface area (Å²) in [4.78, 5) is 24.6. The Morgan fingerprint density at radius 3 is 2.52 bits per heavy atom. The molecule has 1 heterocycles. The monoisotopic (exact) mass is 295 g/mol. The molecule has 1 fully saturated rings. The van der Waals surface area contributed by atoms with Crippen molar-refractivity contribution in [3.63, 3.8) is 0 Å². The molecule has 0 spiro atoms. The number of halogens is 1. The van der Waals surface area contributed by atoms with E-state index in [2.05, 4.69) is 0 Å². The number of amides is 1. The minimum atomic E-state index is -1.06. The van der Waals surface area contributed by atoms with Gasteiger partial charge in [-0.05, 0) is 25.8 Å². The van der Waals surface area contributed by atoms with Crippen molar-refractivity contribution in [2.75, 3.05) is 7.05 Å². The zero-order valence-electron chi connectivity index (χ0n) is 12.0. The number of hydrogen-bond donors (Lipinski definition) is 1. The molecule has 5 nitrogen and oxygen atoms in total. The van der Waals surface area contributed by atoms with E-state index in [1.54, 1.807) is 32.2 Å². The average molecular weight is 295 g/mol. The van der Waals surface area contributed by atoms with Gasteiger partial charge in [-0.15, -0.1) is 0 Å². The molecule has 6 heteroatoms. The molecule has 1 aromatic rings. The molecule has 1 unspecified atom stereocenters. The highest BCUT2D eigenvalue weighted by atomic mass is 19.1. The molecule has 21 heavy (non-hydrogen) atoms. The van der Waals surface area contributed by atoms with E-state index in [4.69, 9.17) is 9.84 Å². The maximum absolute atomic E-state index is 13.8. The van der Waals surface area contributed by atoms with Crippen LogP contribution >= 0.6 is 0 Å². The predicted molar refractivity (Wildman–Crippen MR) is 73.1 cm³/mol. The van der Waals surface area contributed by atoms with Gasteiger partial charge in [-0.3, -0.25) is 4.79 Å². The van der Waals surface area contributed by atoms with Crippen molar-refractivity contribution >= 4 is 11.9 Å². The van der Waals surface area contributed by atoms with Crippen molar-refractivity contribution in [2.24, 2.45) is 0 Å². The molecule has 0 aromatic heterocycles. The van der Waals surface area contributed by atoms with Gasteiger partial charge in [0.1, 0.15) is 11.9 Å². The summed E-state index contributed by atoms with van der Waals surface area (Å²) >= 11 is 0. The van der Waals surface area contributed by atoms with Crippen molar-refractivity contribution in [3.05, 3.63) is 35.6 Å². The lowest BCUT2D eigenvalue weighted by Gasteiger charge is -2.28. The van der Waals surface area contributed by atoms with Crippen LogP contribution in [0.4, 0.5) is 4.39 Å². The Labute approximate surface area is 122 Å². The first kappa shape index (κ1) is 15.4. The summed E-state index contributed by atoms with van der Waals surface area (Å²) in [6, 6.07) is 5.81. The first-order valence-electron chi connectivity index (χ1n) is 6.81. The SMILES string of the molecule is CC(c1ccccc1F)N(C)C(=O)[C@@H]1CC[C@H](C(=O)O)O1. The minimum Gasteiger partial charge on any atom is -0.479 e. The first-order valence-corrected chi connectivity index (χ1v) is 6.81. The third-order valence-electron chi connectivity index (χ3n) is 3.85. The second kappa shape index (κ2) is 6.22. The van der Waals surface area contributed by atoms with Gasteiger partial charge in [0.05, 0.1) is 6.04 Å². The normalized spacial score (nSPS) is 22.8. The van der Waals surface area contributed by atoms with Gasteiger partial charge in [0.25, 0.3) is 5.91 Å². The fraction of sp³-hybridized carbons (Fsp3) is 0.467. The Hall–Kier alpha value is -1.95. The summed E-state index contributed by atoms with van der Waals surface area (Å²) in [5.41, 5.74) is 0.418. The zero-order chi connectivity index (χ0) is 15.6. The molecule has 0 radical (unpaired) electrons. The van der Waals surface area contributed by atoms with Crippen molar-refractivity contribution in [1.82, 2.24) is 4.90 Å². The maximum atomic E-state index is 13.8. The summed E-state index contributed by atoms with van der Waals surface area (Å²) in [5.74, 6) is -1.76. The Morgan fingerprint density at radius 1 is 1.33 bits per heavy atom. The molecule has 1 N–H and O–H groups in total. The topological polar surface area (TPSA) is 66.8 Å². The lowest BCUT2D eigenvalue weighted by molar-refractivity contribution is -0.155. The summed E-state index contributed by atoms with van der Waals surface area (Å²) in [6.07, 6.45) is -1.03. The highest BCUT2D eigenvalue weighted by Crippen LogP contribution is 2.26. The van der Waals surface area contributed by atoms with Crippen LogP contribution in [0.5, 0.6) is 0 Å². The van der Waals surface area contributed by atoms with E-state index >= 15 is 0 Å². The minimum absolute atomic E-state index is 0.313. The van der Waals surface area contributed by atoms with Crippen LogP contribution in [0.1, 0.15) is 31.4 Å². The van der Waals surface area contributed by atoms with Gasteiger partial charge in [0, 0.05) is 12.6 Å². The number of ether oxygens (including phenoxy) is 1. The van der Waals surface area contributed by atoms with E-state index in [-0.39, 0.29) is 11.7 Å². The van der Waals surface area contributed by atoms with Gasteiger partial charge in [-0.2, -0.15) is 0 Å². The van der Waals surface area contributed by atoms with E-state index in [1.165, 1.54) is 11.0 Å². The largest absolute Gasteiger partial charge is 0.479 e. The lowest BCUT2D eigenvalue weighted by atomic mass is 10.1. The second-order valence-corrected chi connectivity index (χ2v) is 5.18. The fourth-order valence-electron chi connectivity index (χ4n) is 2.44. The number of nitrogens with zero attached hydrogens (tertiary/aromatic N) is 1. The average Bonchev–Trinajstić information content (AvgIpc) is 2.95. The van der Waals surface area contributed by atoms with Gasteiger partial charge in [0.2, 0.25) is 0 Å². The molecule has 1 aromatic carbocycles. The molecule has 1 amide bonds. The Bertz CT molecular complexity index is 548. The number of rotatable bonds is 4. The van der Waals surface area contributed by atoms with Crippen LogP contribution in [0.25, 0.3) is 0 Å². The van der Waals surface area contributed by atoms with Crippen molar-refractivity contribution in [3.8, 4) is 0 Å². The van der Waals surface area contributed by atoms with Crippen LogP contribution in [-0.4, -0.2) is 41.1 Å². The van der Waals surface area contributed by atoms with Crippen LogP contribution in [-0.2, 0) is 14.3 Å². The van der Waals surface area contributed by atoms with Crippen LogP contribution in [0, 0.1) is 5.82 Å². The molecule has 1 aliphatic rings. The molecule has 0 saturated carbocycles. The number of carboxylic acids is 1. The number of hydrogen-bond acceptors (Lipinski definition) is 3. The van der Waals surface area contributed by atoms with Gasteiger partial charge >= 0.3 is 5.97 Å². The van der Waals surface area contributed by atoms with Gasteiger partial charge in [0.15, 0.2) is 6.10 Å². The van der Waals surface area contributed by atoms with E-state index in [1.807, 2.05) is 0 Å². The smallest absolute Gasteiger partial charge is 0.332 e. The molecule has 2 rings (SSSR count). The molecular formula is C15H18FNO4. The summed E-state index contributed by atoms with van der Waals surface area (Å²) in [6.45, 7) is 1.72. The zero-order valence-corrected chi connectivity index (χ0v) is 12.0. The number of carbonyl (C=O) groups excluding carboxylic acids is 1. The fourth-order valence-corrected chi connectivity index (χ4v) is 2.44. The van der Waals surface area contributed by atoms with Crippen LogP contribution in [0.2, 0.25) is 0 Å². The third-order valence-corrected chi connectivity index (χ3v) is 3.85. The van der Waals surface area contributed by atoms with Gasteiger partial charge in [-0.25, -0.2) is 9.18 Å². The molecular weight excluding hydrogens is 277 g/mol. The number of carbonyl (C=O) groups is 2. The molecule has 1 aliphatic heterocycles. The van der Waals surface area contributed by atoms with E-state index in [0.29, 0.717) is 18.4 Å². The highest BCUT2D eigenvalue weighted by Gasteiger charge is 2.37. The molecule has 114 valence electrons. The van der Waals surface area contributed by atoms with Crippen molar-refractivity contribution < 1.29 is 23.8 Å². The predicted octanol–water partition coefficient (Wildman–Crippen LogP) is 1.98. The second-order valence-electron chi connectivity index (χ2n) is 5.18. The molecule has 3 atom stereocenters. The van der Waals surface area contributed by atoms with E-state index in [9.17, 15) is 14.0 Å². The van der Waals surface area contributed by atoms with Gasteiger partial charge < -0.3 is 14.7 Å². The molecule has 0 aliphatic carbocycles. The Kier molecular flexibility index (Phi) is 4.57. The molecule has 0 bridgehead atoms. The van der Waals surface area contributed by atoms with Crippen LogP contribution in [0.15, 0.2) is 24.3 Å². The Balaban J connectivity index is 2.06. The number of likely N-dealkylation sites (N-methyl/N-ethyl adjacent to an activating group) is 1. The molecule has 1 saturated heterocycles. The van der Waals surface area contributed by atoms with E-state index < -0.39 is 24.2 Å². The lowest BCUT2D eigenvalue weighted by Crippen LogP contribution is -2.38. The van der Waals surface area contributed by atoms with Crippen LogP contribution < -0.4 is 0 Å². The quantitative estimate of drug-likeness (QED) is 0.922. The van der Waals surface area contributed by atoms with E-state index in [0.717, 1.165) is 0 Å². The number of aliphatic carboxylic acids is 1. The summed E-state index contributed by atoms with van der Waals surface area (Å²) < 4.78 is 19.0. The first-order chi connectivity index (χ1) is 9.91. The van der Waals surface area contributed by atoms with Crippen LogP contribution in [0.3, 0.4) is 0 Å². The maximum Gasteiger partial charge on any atom is 0.332 e. The Morgan fingerprint density at radius 2 is 1.95 bits per heavy atom. The van der Waals surface area contributed by atoms with Gasteiger partial charge in [-0.1, -0.05) is 18.2 Å². The number of carboxylic acid groups (broad SMARTS) is 1.